The smallest absolute Gasteiger partial charge is 0.222 e. The highest BCUT2D eigenvalue weighted by atomic mass is 15.0. The van der Waals surface area contributed by atoms with Crippen molar-refractivity contribution in [3.63, 3.8) is 0 Å². The highest BCUT2D eigenvalue weighted by molar-refractivity contribution is 5.89. The van der Waals surface area contributed by atoms with Gasteiger partial charge in [-0.3, -0.25) is 0 Å². The zero-order valence-corrected chi connectivity index (χ0v) is 10.1. The maximum Gasteiger partial charge on any atom is 0.222 e. The van der Waals surface area contributed by atoms with Crippen LogP contribution in [0.3, 0.4) is 0 Å². The van der Waals surface area contributed by atoms with Gasteiger partial charge < -0.3 is 11.5 Å². The number of benzene rings is 1. The van der Waals surface area contributed by atoms with Crippen LogP contribution < -0.4 is 11.5 Å². The van der Waals surface area contributed by atoms with Crippen LogP contribution in [0.1, 0.15) is 31.7 Å². The number of hydrogen-bond acceptors (Lipinski definition) is 4. The van der Waals surface area contributed by atoms with E-state index >= 15 is 0 Å². The van der Waals surface area contributed by atoms with Gasteiger partial charge in [0.2, 0.25) is 5.95 Å². The molecule has 4 nitrogen and oxygen atoms in total. The summed E-state index contributed by atoms with van der Waals surface area (Å²) in [5.74, 6) is 0.688. The van der Waals surface area contributed by atoms with Crippen molar-refractivity contribution in [3.8, 4) is 0 Å². The Labute approximate surface area is 101 Å². The van der Waals surface area contributed by atoms with Crippen LogP contribution in [0.2, 0.25) is 0 Å². The van der Waals surface area contributed by atoms with Crippen LogP contribution in [0, 0.1) is 0 Å². The molecule has 1 heterocycles. The minimum absolute atomic E-state index is 0.237. The number of unbranched alkanes of at least 4 members (excludes halogenated alkanes) is 2. The molecule has 0 fully saturated rings. The van der Waals surface area contributed by atoms with Crippen molar-refractivity contribution in [1.29, 1.82) is 0 Å². The Morgan fingerprint density at radius 3 is 2.71 bits per heavy atom. The van der Waals surface area contributed by atoms with E-state index in [0.29, 0.717) is 5.82 Å². The molecule has 1 aromatic heterocycles. The Bertz CT molecular complexity index is 522. The summed E-state index contributed by atoms with van der Waals surface area (Å²) in [6.45, 7) is 2.20. The van der Waals surface area contributed by atoms with Crippen molar-refractivity contribution in [3.05, 3.63) is 23.8 Å². The number of rotatable bonds is 4. The summed E-state index contributed by atoms with van der Waals surface area (Å²) in [6, 6.07) is 6.12. The number of anilines is 2. The summed E-state index contributed by atoms with van der Waals surface area (Å²) in [7, 11) is 0. The highest BCUT2D eigenvalue weighted by Gasteiger charge is 2.04. The molecule has 0 radical (unpaired) electrons. The lowest BCUT2D eigenvalue weighted by Gasteiger charge is -2.05. The molecule has 90 valence electrons. The van der Waals surface area contributed by atoms with Crippen molar-refractivity contribution in [2.45, 2.75) is 32.6 Å². The Morgan fingerprint density at radius 2 is 1.94 bits per heavy atom. The molecule has 17 heavy (non-hydrogen) atoms. The van der Waals surface area contributed by atoms with E-state index in [-0.39, 0.29) is 5.95 Å². The normalized spacial score (nSPS) is 10.9. The fraction of sp³-hybridized carbons (Fsp3) is 0.385. The molecule has 4 N–H and O–H groups in total. The monoisotopic (exact) mass is 230 g/mol. The maximum absolute atomic E-state index is 5.80. The van der Waals surface area contributed by atoms with Crippen LogP contribution >= 0.6 is 0 Å². The fourth-order valence-corrected chi connectivity index (χ4v) is 1.95. The van der Waals surface area contributed by atoms with Gasteiger partial charge in [0.15, 0.2) is 0 Å². The van der Waals surface area contributed by atoms with Gasteiger partial charge in [0.25, 0.3) is 0 Å². The molecule has 0 aliphatic carbocycles. The summed E-state index contributed by atoms with van der Waals surface area (Å²) in [6.07, 6.45) is 4.77. The third-order valence-corrected chi connectivity index (χ3v) is 2.88. The number of hydrogen-bond donors (Lipinski definition) is 2. The van der Waals surface area contributed by atoms with Gasteiger partial charge in [0.05, 0.1) is 5.52 Å². The Balaban J connectivity index is 2.30. The van der Waals surface area contributed by atoms with Crippen LogP contribution in [0.15, 0.2) is 18.2 Å². The van der Waals surface area contributed by atoms with E-state index in [4.69, 9.17) is 11.5 Å². The van der Waals surface area contributed by atoms with E-state index in [9.17, 15) is 0 Å². The van der Waals surface area contributed by atoms with Crippen LogP contribution in [-0.4, -0.2) is 9.97 Å². The highest BCUT2D eigenvalue weighted by Crippen LogP contribution is 2.20. The number of nitrogen functional groups attached to an aromatic ring is 2. The topological polar surface area (TPSA) is 77.8 Å². The van der Waals surface area contributed by atoms with Gasteiger partial charge in [-0.2, -0.15) is 4.98 Å². The van der Waals surface area contributed by atoms with Crippen molar-refractivity contribution in [1.82, 2.24) is 9.97 Å². The van der Waals surface area contributed by atoms with Gasteiger partial charge in [-0.1, -0.05) is 25.8 Å². The van der Waals surface area contributed by atoms with Gasteiger partial charge in [-0.15, -0.1) is 0 Å². The second-order valence-corrected chi connectivity index (χ2v) is 4.28. The first kappa shape index (κ1) is 11.6. The molecule has 1 aromatic carbocycles. The molecule has 0 amide bonds. The van der Waals surface area contributed by atoms with E-state index in [1.807, 2.05) is 6.07 Å². The zero-order valence-electron chi connectivity index (χ0n) is 10.1. The van der Waals surface area contributed by atoms with Gasteiger partial charge >= 0.3 is 0 Å². The predicted octanol–water partition coefficient (Wildman–Crippen LogP) is 2.53. The molecule has 0 atom stereocenters. The number of aryl methyl sites for hydroxylation is 1. The molecule has 0 saturated carbocycles. The third-order valence-electron chi connectivity index (χ3n) is 2.88. The van der Waals surface area contributed by atoms with Crippen molar-refractivity contribution in [2.75, 3.05) is 11.5 Å². The molecule has 0 saturated heterocycles. The summed E-state index contributed by atoms with van der Waals surface area (Å²) in [4.78, 5) is 8.16. The average molecular weight is 230 g/mol. The van der Waals surface area contributed by atoms with Crippen LogP contribution in [0.25, 0.3) is 10.9 Å². The molecule has 2 rings (SSSR count). The van der Waals surface area contributed by atoms with Gasteiger partial charge in [0, 0.05) is 5.39 Å². The average Bonchev–Trinajstić information content (AvgIpc) is 2.28. The van der Waals surface area contributed by atoms with E-state index in [1.165, 1.54) is 24.8 Å². The van der Waals surface area contributed by atoms with Crippen LogP contribution in [-0.2, 0) is 6.42 Å². The summed E-state index contributed by atoms with van der Waals surface area (Å²) < 4.78 is 0. The maximum atomic E-state index is 5.80. The number of nitrogens with two attached hydrogens (primary N) is 2. The molecule has 0 bridgehead atoms. The molecular weight excluding hydrogens is 212 g/mol. The Kier molecular flexibility index (Phi) is 3.42. The summed E-state index contributed by atoms with van der Waals surface area (Å²) in [5.41, 5.74) is 13.5. The molecule has 2 aromatic rings. The van der Waals surface area contributed by atoms with Gasteiger partial charge in [0.1, 0.15) is 5.82 Å². The first-order valence-electron chi connectivity index (χ1n) is 6.02. The number of aromatic nitrogens is 2. The van der Waals surface area contributed by atoms with Gasteiger partial charge in [-0.05, 0) is 30.5 Å². The minimum Gasteiger partial charge on any atom is -0.383 e. The largest absolute Gasteiger partial charge is 0.383 e. The van der Waals surface area contributed by atoms with Gasteiger partial charge in [-0.25, -0.2) is 4.98 Å². The number of nitrogens with zero attached hydrogens (tertiary/aromatic N) is 2. The minimum atomic E-state index is 0.237. The molecule has 0 aliphatic rings. The predicted molar refractivity (Wildman–Crippen MR) is 71.6 cm³/mol. The SMILES string of the molecule is CCCCCc1ccc2c(N)nc(N)nc2c1. The third kappa shape index (κ3) is 2.64. The van der Waals surface area contributed by atoms with Crippen LogP contribution in [0.4, 0.5) is 11.8 Å². The Morgan fingerprint density at radius 1 is 1.12 bits per heavy atom. The molecule has 0 spiro atoms. The van der Waals surface area contributed by atoms with Crippen molar-refractivity contribution in [2.24, 2.45) is 0 Å². The van der Waals surface area contributed by atoms with E-state index in [2.05, 4.69) is 29.0 Å². The Hall–Kier alpha value is -1.84. The quantitative estimate of drug-likeness (QED) is 0.791. The lowest BCUT2D eigenvalue weighted by atomic mass is 10.1. The lowest BCUT2D eigenvalue weighted by Crippen LogP contribution is -2.00. The number of fused-ring (bicyclic) bond motifs is 1. The second kappa shape index (κ2) is 4.99. The molecule has 0 unspecified atom stereocenters. The van der Waals surface area contributed by atoms with Crippen LogP contribution in [0.5, 0.6) is 0 Å². The standard InChI is InChI=1S/C13H18N4/c1-2-3-4-5-9-6-7-10-11(8-9)16-13(15)17-12(10)14/h6-8H,2-5H2,1H3,(H4,14,15,16,17). The first-order valence-corrected chi connectivity index (χ1v) is 6.02. The van der Waals surface area contributed by atoms with Crippen molar-refractivity contribution < 1.29 is 0 Å². The summed E-state index contributed by atoms with van der Waals surface area (Å²) >= 11 is 0. The van der Waals surface area contributed by atoms with E-state index < -0.39 is 0 Å². The lowest BCUT2D eigenvalue weighted by molar-refractivity contribution is 0.718. The van der Waals surface area contributed by atoms with E-state index in [0.717, 1.165) is 17.3 Å². The molecule has 4 heteroatoms. The second-order valence-electron chi connectivity index (χ2n) is 4.28. The zero-order chi connectivity index (χ0) is 12.3. The first-order chi connectivity index (χ1) is 8.20. The summed E-state index contributed by atoms with van der Waals surface area (Å²) in [5, 5.41) is 0.874. The molecular formula is C13H18N4. The molecule has 0 aliphatic heterocycles. The fourth-order valence-electron chi connectivity index (χ4n) is 1.95. The van der Waals surface area contributed by atoms with E-state index in [1.54, 1.807) is 0 Å². The van der Waals surface area contributed by atoms with Crippen molar-refractivity contribution >= 4 is 22.7 Å².